The van der Waals surface area contributed by atoms with Gasteiger partial charge in [-0.1, -0.05) is 6.42 Å². The molecule has 2 fully saturated rings. The lowest BCUT2D eigenvalue weighted by Crippen LogP contribution is -2.44. The molecule has 1 aliphatic heterocycles. The second kappa shape index (κ2) is 8.76. The van der Waals surface area contributed by atoms with Crippen molar-refractivity contribution in [2.24, 2.45) is 5.41 Å². The average molecular weight is 413 g/mol. The lowest BCUT2D eigenvalue weighted by Gasteiger charge is -2.38. The van der Waals surface area contributed by atoms with Crippen LogP contribution in [0.5, 0.6) is 0 Å². The first-order valence-electron chi connectivity index (χ1n) is 9.58. The molecule has 2 aliphatic rings. The maximum absolute atomic E-state index is 12.5. The number of anilines is 1. The van der Waals surface area contributed by atoms with E-state index < -0.39 is 48.2 Å². The Kier molecular flexibility index (Phi) is 6.54. The molecule has 0 radical (unpaired) electrons. The summed E-state index contributed by atoms with van der Waals surface area (Å²) in [4.78, 5) is 33.6. The van der Waals surface area contributed by atoms with E-state index in [9.17, 15) is 19.8 Å². The monoisotopic (exact) mass is 413 g/mol. The zero-order valence-corrected chi connectivity index (χ0v) is 16.4. The van der Waals surface area contributed by atoms with Gasteiger partial charge >= 0.3 is 11.7 Å². The van der Waals surface area contributed by atoms with Crippen LogP contribution in [0.25, 0.3) is 0 Å². The van der Waals surface area contributed by atoms with Crippen LogP contribution in [-0.4, -0.2) is 68.5 Å². The fourth-order valence-electron chi connectivity index (χ4n) is 3.32. The van der Waals surface area contributed by atoms with Crippen molar-refractivity contribution in [1.29, 1.82) is 0 Å². The quantitative estimate of drug-likeness (QED) is 0.403. The van der Waals surface area contributed by atoms with Crippen LogP contribution in [0.1, 0.15) is 39.3 Å². The molecule has 0 amide bonds. The normalized spacial score (nSPS) is 28.2. The molecule has 2 heterocycles. The number of hydrogen-bond acceptors (Lipinski definition) is 10. The van der Waals surface area contributed by atoms with Crippen LogP contribution in [0.2, 0.25) is 0 Å². The van der Waals surface area contributed by atoms with Gasteiger partial charge in [0.25, 0.3) is 0 Å². The molecule has 1 saturated carbocycles. The summed E-state index contributed by atoms with van der Waals surface area (Å²) in [6.07, 6.45) is -1.40. The Bertz CT molecular complexity index is 779. The van der Waals surface area contributed by atoms with Gasteiger partial charge in [0.15, 0.2) is 12.0 Å². The van der Waals surface area contributed by atoms with Gasteiger partial charge in [-0.25, -0.2) is 15.1 Å². The Labute approximate surface area is 167 Å². The van der Waals surface area contributed by atoms with Gasteiger partial charge in [0.2, 0.25) is 0 Å². The van der Waals surface area contributed by atoms with Crippen molar-refractivity contribution in [2.75, 3.05) is 18.7 Å². The molecule has 29 heavy (non-hydrogen) atoms. The molecule has 0 spiro atoms. The summed E-state index contributed by atoms with van der Waals surface area (Å²) in [5.41, 5.74) is 0.902. The number of aromatic nitrogens is 2. The minimum atomic E-state index is -1.40. The molecular weight excluding hydrogens is 386 g/mol. The van der Waals surface area contributed by atoms with Gasteiger partial charge in [0.05, 0.1) is 24.7 Å². The van der Waals surface area contributed by atoms with Gasteiger partial charge in [-0.15, -0.1) is 0 Å². The van der Waals surface area contributed by atoms with Crippen molar-refractivity contribution in [3.63, 3.8) is 0 Å². The summed E-state index contributed by atoms with van der Waals surface area (Å²) in [5, 5.41) is 29.0. The highest BCUT2D eigenvalue weighted by Crippen LogP contribution is 2.42. The van der Waals surface area contributed by atoms with Crippen LogP contribution in [-0.2, 0) is 19.1 Å². The number of hydrogen-bond donors (Lipinski definition) is 4. The highest BCUT2D eigenvalue weighted by molar-refractivity contribution is 5.78. The molecule has 1 aromatic rings. The molecule has 1 saturated heterocycles. The number of carbonyl (C=O) groups excluding carboxylic acids is 1. The third-order valence-corrected chi connectivity index (χ3v) is 5.31. The standard InChI is InChI=1S/C18H27N3O8/c1-10(2)27-9-18(5-3-6-18)16(25)29-20-12-4-7-21(17(26)19-12)15-14(24)13(23)11(8-22)28-15/h4,7,10-11,13-15,22-24H,3,5-6,8-9H2,1-2H3,(H,19,20,26)/t11-,13-,14-,15-/m1/s1. The lowest BCUT2D eigenvalue weighted by atomic mass is 9.69. The topological polar surface area (TPSA) is 152 Å². The molecule has 11 heteroatoms. The van der Waals surface area contributed by atoms with E-state index in [4.69, 9.17) is 19.4 Å². The third-order valence-electron chi connectivity index (χ3n) is 5.31. The molecule has 4 atom stereocenters. The Morgan fingerprint density at radius 3 is 2.66 bits per heavy atom. The second-order valence-electron chi connectivity index (χ2n) is 7.72. The van der Waals surface area contributed by atoms with Crippen LogP contribution >= 0.6 is 0 Å². The van der Waals surface area contributed by atoms with Crippen molar-refractivity contribution in [2.45, 2.75) is 63.8 Å². The molecule has 0 aromatic carbocycles. The van der Waals surface area contributed by atoms with E-state index in [1.807, 2.05) is 13.8 Å². The minimum absolute atomic E-state index is 0.000372. The van der Waals surface area contributed by atoms with E-state index in [1.54, 1.807) is 0 Å². The molecule has 0 bridgehead atoms. The van der Waals surface area contributed by atoms with Crippen molar-refractivity contribution >= 4 is 11.8 Å². The number of aliphatic hydroxyl groups excluding tert-OH is 3. The first-order chi connectivity index (χ1) is 13.8. The van der Waals surface area contributed by atoms with Crippen molar-refractivity contribution in [3.8, 4) is 0 Å². The van der Waals surface area contributed by atoms with Gasteiger partial charge in [-0.05, 0) is 26.7 Å². The van der Waals surface area contributed by atoms with Gasteiger partial charge in [0, 0.05) is 12.3 Å². The molecule has 0 unspecified atom stereocenters. The Morgan fingerprint density at radius 1 is 1.41 bits per heavy atom. The van der Waals surface area contributed by atoms with Crippen molar-refractivity contribution < 1.29 is 34.4 Å². The molecule has 11 nitrogen and oxygen atoms in total. The van der Waals surface area contributed by atoms with Gasteiger partial charge in [-0.2, -0.15) is 4.98 Å². The van der Waals surface area contributed by atoms with Crippen LogP contribution in [0.3, 0.4) is 0 Å². The van der Waals surface area contributed by atoms with E-state index >= 15 is 0 Å². The largest absolute Gasteiger partial charge is 0.394 e. The molecule has 1 aliphatic carbocycles. The Balaban J connectivity index is 1.62. The molecule has 162 valence electrons. The third kappa shape index (κ3) is 4.43. The SMILES string of the molecule is CC(C)OCC1(C(=O)ONc2ccn([C@@H]3O[C@H](CO)[C@@H](O)[C@H]3O)c(=O)n2)CCC1. The summed E-state index contributed by atoms with van der Waals surface area (Å²) in [5.74, 6) is -0.468. The van der Waals surface area contributed by atoms with Crippen LogP contribution in [0.4, 0.5) is 5.82 Å². The second-order valence-corrected chi connectivity index (χ2v) is 7.72. The Morgan fingerprint density at radius 2 is 2.14 bits per heavy atom. The number of rotatable bonds is 8. The number of ether oxygens (including phenoxy) is 2. The average Bonchev–Trinajstić information content (AvgIpc) is 2.93. The summed E-state index contributed by atoms with van der Waals surface area (Å²) < 4.78 is 11.9. The highest BCUT2D eigenvalue weighted by Gasteiger charge is 2.47. The van der Waals surface area contributed by atoms with E-state index in [2.05, 4.69) is 10.5 Å². The van der Waals surface area contributed by atoms with Gasteiger partial charge in [-0.3, -0.25) is 4.57 Å². The molecule has 3 rings (SSSR count). The predicted molar refractivity (Wildman–Crippen MR) is 98.6 cm³/mol. The van der Waals surface area contributed by atoms with E-state index in [-0.39, 0.29) is 18.5 Å². The molecule has 4 N–H and O–H groups in total. The fraction of sp³-hybridized carbons (Fsp3) is 0.722. The smallest absolute Gasteiger partial charge is 0.351 e. The summed E-state index contributed by atoms with van der Waals surface area (Å²) >= 11 is 0. The zero-order chi connectivity index (χ0) is 21.2. The number of nitrogens with one attached hydrogen (secondary N) is 1. The van der Waals surface area contributed by atoms with Gasteiger partial charge in [0.1, 0.15) is 18.3 Å². The van der Waals surface area contributed by atoms with Gasteiger partial charge < -0.3 is 29.6 Å². The fourth-order valence-corrected chi connectivity index (χ4v) is 3.32. The maximum atomic E-state index is 12.5. The zero-order valence-electron chi connectivity index (χ0n) is 16.4. The number of aliphatic hydroxyl groups is 3. The summed E-state index contributed by atoms with van der Waals surface area (Å²) in [6.45, 7) is 3.55. The molecule has 1 aromatic heterocycles. The number of nitrogens with zero attached hydrogens (tertiary/aromatic N) is 2. The lowest BCUT2D eigenvalue weighted by molar-refractivity contribution is -0.165. The van der Waals surface area contributed by atoms with Crippen LogP contribution < -0.4 is 11.2 Å². The Hall–Kier alpha value is -2.05. The highest BCUT2D eigenvalue weighted by atomic mass is 16.7. The van der Waals surface area contributed by atoms with E-state index in [0.717, 1.165) is 11.0 Å². The minimum Gasteiger partial charge on any atom is -0.394 e. The van der Waals surface area contributed by atoms with E-state index in [0.29, 0.717) is 12.8 Å². The van der Waals surface area contributed by atoms with Crippen LogP contribution in [0, 0.1) is 5.41 Å². The first-order valence-corrected chi connectivity index (χ1v) is 9.58. The van der Waals surface area contributed by atoms with Crippen molar-refractivity contribution in [3.05, 3.63) is 22.7 Å². The molecular formula is C18H27N3O8. The van der Waals surface area contributed by atoms with E-state index in [1.165, 1.54) is 12.3 Å². The van der Waals surface area contributed by atoms with Crippen LogP contribution in [0.15, 0.2) is 17.1 Å². The predicted octanol–water partition coefficient (Wildman–Crippen LogP) is -0.680. The summed E-state index contributed by atoms with van der Waals surface area (Å²) in [7, 11) is 0. The number of carbonyl (C=O) groups is 1. The first kappa shape index (κ1) is 21.7. The van der Waals surface area contributed by atoms with Crippen molar-refractivity contribution in [1.82, 2.24) is 9.55 Å². The maximum Gasteiger partial charge on any atom is 0.351 e. The summed E-state index contributed by atoms with van der Waals surface area (Å²) in [6, 6.07) is 1.36.